The van der Waals surface area contributed by atoms with Crippen molar-refractivity contribution in [1.82, 2.24) is 5.32 Å². The number of hydrogen-bond acceptors (Lipinski definition) is 2. The Morgan fingerprint density at radius 3 is 2.60 bits per heavy atom. The highest BCUT2D eigenvalue weighted by atomic mass is 19.3. The molecule has 0 heterocycles. The van der Waals surface area contributed by atoms with Gasteiger partial charge in [0.1, 0.15) is 6.61 Å². The summed E-state index contributed by atoms with van der Waals surface area (Å²) in [5.74, 6) is 0. The van der Waals surface area contributed by atoms with E-state index in [1.54, 1.807) is 0 Å². The minimum absolute atomic E-state index is 0.0961. The molecule has 1 atom stereocenters. The van der Waals surface area contributed by atoms with Gasteiger partial charge in [-0.15, -0.1) is 0 Å². The molecule has 108 valence electrons. The van der Waals surface area contributed by atoms with Crippen LogP contribution >= 0.6 is 0 Å². The van der Waals surface area contributed by atoms with Crippen LogP contribution in [0.1, 0.15) is 18.0 Å². The van der Waals surface area contributed by atoms with Gasteiger partial charge in [-0.2, -0.15) is 0 Å². The summed E-state index contributed by atoms with van der Waals surface area (Å²) >= 11 is 0. The SMILES string of the molecule is CNC(CCOCC(F)F)c1cccc2ccccc12. The molecule has 2 rings (SSSR count). The van der Waals surface area contributed by atoms with Gasteiger partial charge < -0.3 is 10.1 Å². The number of rotatable bonds is 7. The number of ether oxygens (including phenoxy) is 1. The first-order chi connectivity index (χ1) is 9.72. The van der Waals surface area contributed by atoms with Gasteiger partial charge in [0.2, 0.25) is 0 Å². The first-order valence-corrected chi connectivity index (χ1v) is 6.73. The average molecular weight is 279 g/mol. The van der Waals surface area contributed by atoms with Crippen molar-refractivity contribution in [3.8, 4) is 0 Å². The Hall–Kier alpha value is -1.52. The largest absolute Gasteiger partial charge is 0.375 e. The lowest BCUT2D eigenvalue weighted by Crippen LogP contribution is -2.19. The molecule has 0 saturated heterocycles. The molecule has 2 nitrogen and oxygen atoms in total. The van der Waals surface area contributed by atoms with Crippen molar-refractivity contribution < 1.29 is 13.5 Å². The Kier molecular flexibility index (Phi) is 5.44. The van der Waals surface area contributed by atoms with E-state index in [0.29, 0.717) is 13.0 Å². The zero-order valence-electron chi connectivity index (χ0n) is 11.5. The minimum Gasteiger partial charge on any atom is -0.375 e. The zero-order chi connectivity index (χ0) is 14.4. The molecular formula is C16H19F2NO. The Labute approximate surface area is 117 Å². The van der Waals surface area contributed by atoms with Gasteiger partial charge in [-0.3, -0.25) is 0 Å². The summed E-state index contributed by atoms with van der Waals surface area (Å²) < 4.78 is 29.0. The van der Waals surface area contributed by atoms with Crippen molar-refractivity contribution >= 4 is 10.8 Å². The maximum Gasteiger partial charge on any atom is 0.261 e. The van der Waals surface area contributed by atoms with Crippen LogP contribution in [0.4, 0.5) is 8.78 Å². The van der Waals surface area contributed by atoms with Crippen LogP contribution in [-0.2, 0) is 4.74 Å². The van der Waals surface area contributed by atoms with Crippen molar-refractivity contribution in [2.45, 2.75) is 18.9 Å². The first kappa shape index (κ1) is 14.9. The summed E-state index contributed by atoms with van der Waals surface area (Å²) in [6.45, 7) is -0.176. The van der Waals surface area contributed by atoms with Gasteiger partial charge >= 0.3 is 0 Å². The highest BCUT2D eigenvalue weighted by Gasteiger charge is 2.12. The van der Waals surface area contributed by atoms with Crippen molar-refractivity contribution in [3.63, 3.8) is 0 Å². The molecule has 0 spiro atoms. The Balaban J connectivity index is 2.09. The maximum absolute atomic E-state index is 12.0. The fraction of sp³-hybridized carbons (Fsp3) is 0.375. The lowest BCUT2D eigenvalue weighted by atomic mass is 9.97. The summed E-state index contributed by atoms with van der Waals surface area (Å²) in [5.41, 5.74) is 1.17. The van der Waals surface area contributed by atoms with E-state index in [9.17, 15) is 8.78 Å². The van der Waals surface area contributed by atoms with Crippen LogP contribution in [-0.4, -0.2) is 26.7 Å². The third kappa shape index (κ3) is 3.74. The Bertz CT molecular complexity index is 539. The Morgan fingerprint density at radius 1 is 1.10 bits per heavy atom. The fourth-order valence-electron chi connectivity index (χ4n) is 2.38. The van der Waals surface area contributed by atoms with Crippen LogP contribution in [0.15, 0.2) is 42.5 Å². The highest BCUT2D eigenvalue weighted by Crippen LogP contribution is 2.26. The van der Waals surface area contributed by atoms with Gasteiger partial charge in [-0.05, 0) is 29.8 Å². The third-order valence-electron chi connectivity index (χ3n) is 3.34. The van der Waals surface area contributed by atoms with Crippen molar-refractivity contribution in [3.05, 3.63) is 48.0 Å². The van der Waals surface area contributed by atoms with Gasteiger partial charge in [0.15, 0.2) is 0 Å². The van der Waals surface area contributed by atoms with Crippen molar-refractivity contribution in [2.75, 3.05) is 20.3 Å². The second-order valence-electron chi connectivity index (χ2n) is 4.66. The Morgan fingerprint density at radius 2 is 1.85 bits per heavy atom. The van der Waals surface area contributed by atoms with Gasteiger partial charge in [-0.25, -0.2) is 8.78 Å². The third-order valence-corrected chi connectivity index (χ3v) is 3.34. The molecule has 0 fully saturated rings. The van der Waals surface area contributed by atoms with E-state index >= 15 is 0 Å². The molecular weight excluding hydrogens is 260 g/mol. The molecule has 2 aromatic carbocycles. The quantitative estimate of drug-likeness (QED) is 0.779. The molecule has 0 aromatic heterocycles. The van der Waals surface area contributed by atoms with E-state index in [1.165, 1.54) is 16.3 Å². The lowest BCUT2D eigenvalue weighted by molar-refractivity contribution is 0.0146. The minimum atomic E-state index is -2.40. The van der Waals surface area contributed by atoms with E-state index in [-0.39, 0.29) is 6.04 Å². The van der Waals surface area contributed by atoms with E-state index in [0.717, 1.165) is 0 Å². The summed E-state index contributed by atoms with van der Waals surface area (Å²) in [6.07, 6.45) is -1.74. The van der Waals surface area contributed by atoms with Gasteiger partial charge in [0.25, 0.3) is 6.43 Å². The maximum atomic E-state index is 12.0. The van der Waals surface area contributed by atoms with Crippen molar-refractivity contribution in [2.24, 2.45) is 0 Å². The number of halogens is 2. The summed E-state index contributed by atoms with van der Waals surface area (Å²) in [4.78, 5) is 0. The monoisotopic (exact) mass is 279 g/mol. The van der Waals surface area contributed by atoms with Crippen LogP contribution in [0.2, 0.25) is 0 Å². The van der Waals surface area contributed by atoms with Crippen LogP contribution in [0.3, 0.4) is 0 Å². The van der Waals surface area contributed by atoms with Crippen LogP contribution in [0, 0.1) is 0 Å². The normalized spacial score (nSPS) is 13.0. The molecule has 1 N–H and O–H groups in total. The second-order valence-corrected chi connectivity index (χ2v) is 4.66. The molecule has 1 unspecified atom stereocenters. The standard InChI is InChI=1S/C16H19F2NO/c1-19-15(9-10-20-11-16(17)18)14-8-4-6-12-5-2-3-7-13(12)14/h2-8,15-16,19H,9-11H2,1H3. The lowest BCUT2D eigenvalue weighted by Gasteiger charge is -2.18. The van der Waals surface area contributed by atoms with E-state index in [2.05, 4.69) is 29.6 Å². The van der Waals surface area contributed by atoms with Crippen LogP contribution in [0.5, 0.6) is 0 Å². The smallest absolute Gasteiger partial charge is 0.261 e. The molecule has 0 saturated carbocycles. The molecule has 20 heavy (non-hydrogen) atoms. The zero-order valence-corrected chi connectivity index (χ0v) is 11.5. The molecule has 2 aromatic rings. The molecule has 0 aliphatic heterocycles. The molecule has 4 heteroatoms. The van der Waals surface area contributed by atoms with Gasteiger partial charge in [0, 0.05) is 12.6 Å². The predicted octanol–water partition coefficient (Wildman–Crippen LogP) is 3.77. The molecule has 0 radical (unpaired) electrons. The first-order valence-electron chi connectivity index (χ1n) is 6.73. The summed E-state index contributed by atoms with van der Waals surface area (Å²) in [5, 5.41) is 5.59. The highest BCUT2D eigenvalue weighted by molar-refractivity contribution is 5.86. The number of fused-ring (bicyclic) bond motifs is 1. The summed E-state index contributed by atoms with van der Waals surface area (Å²) in [7, 11) is 1.87. The van der Waals surface area contributed by atoms with Crippen molar-refractivity contribution in [1.29, 1.82) is 0 Å². The topological polar surface area (TPSA) is 21.3 Å². The van der Waals surface area contributed by atoms with Crippen LogP contribution < -0.4 is 5.32 Å². The molecule has 0 aliphatic rings. The van der Waals surface area contributed by atoms with E-state index in [4.69, 9.17) is 4.74 Å². The number of alkyl halides is 2. The number of benzene rings is 2. The average Bonchev–Trinajstić information content (AvgIpc) is 2.47. The summed E-state index contributed by atoms with van der Waals surface area (Å²) in [6, 6.07) is 14.4. The van der Waals surface area contributed by atoms with Gasteiger partial charge in [0.05, 0.1) is 0 Å². The molecule has 0 aliphatic carbocycles. The fourth-order valence-corrected chi connectivity index (χ4v) is 2.38. The van der Waals surface area contributed by atoms with E-state index in [1.807, 2.05) is 25.2 Å². The van der Waals surface area contributed by atoms with E-state index < -0.39 is 13.0 Å². The van der Waals surface area contributed by atoms with Crippen LogP contribution in [0.25, 0.3) is 10.8 Å². The molecule has 0 bridgehead atoms. The predicted molar refractivity (Wildman–Crippen MR) is 77.2 cm³/mol. The number of nitrogens with one attached hydrogen (secondary N) is 1. The molecule has 0 amide bonds. The van der Waals surface area contributed by atoms with Gasteiger partial charge in [-0.1, -0.05) is 42.5 Å². The second kappa shape index (κ2) is 7.31. The number of hydrogen-bond donors (Lipinski definition) is 1.